The summed E-state index contributed by atoms with van der Waals surface area (Å²) in [6, 6.07) is 5.66. The number of nitrogens with zero attached hydrogens (tertiary/aromatic N) is 1. The van der Waals surface area contributed by atoms with Gasteiger partial charge in [0.25, 0.3) is 0 Å². The smallest absolute Gasteiger partial charge is 0.155 e. The number of aromatic nitrogens is 1. The Morgan fingerprint density at radius 1 is 1.40 bits per heavy atom. The molecule has 1 aromatic rings. The van der Waals surface area contributed by atoms with Crippen LogP contribution in [0.25, 0.3) is 6.08 Å². The third kappa shape index (κ3) is 5.11. The fourth-order valence-electron chi connectivity index (χ4n) is 1.29. The molecule has 0 radical (unpaired) electrons. The van der Waals surface area contributed by atoms with Gasteiger partial charge in [-0.1, -0.05) is 25.8 Å². The molecule has 0 amide bonds. The lowest BCUT2D eigenvalue weighted by Crippen LogP contribution is -1.92. The van der Waals surface area contributed by atoms with Crippen LogP contribution in [0, 0.1) is 0 Å². The molecule has 0 spiro atoms. The summed E-state index contributed by atoms with van der Waals surface area (Å²) < 4.78 is 0. The van der Waals surface area contributed by atoms with Crippen LogP contribution in [0.5, 0.6) is 0 Å². The molecule has 0 bridgehead atoms. The van der Waals surface area contributed by atoms with Crippen LogP contribution >= 0.6 is 0 Å². The maximum Gasteiger partial charge on any atom is 0.155 e. The first-order valence-corrected chi connectivity index (χ1v) is 5.45. The van der Waals surface area contributed by atoms with Crippen LogP contribution in [0.1, 0.15) is 38.3 Å². The third-order valence-electron chi connectivity index (χ3n) is 2.15. The number of pyridine rings is 1. The first-order valence-electron chi connectivity index (χ1n) is 5.45. The third-order valence-corrected chi connectivity index (χ3v) is 2.15. The van der Waals surface area contributed by atoms with Crippen LogP contribution in [0.15, 0.2) is 30.5 Å². The second kappa shape index (κ2) is 6.93. The standard InChI is InChI=1S/C13H17NO/c1-2-3-4-8-13(15)10-9-12-7-5-6-11-14-12/h5-7,9-11H,2-4,8H2,1H3. The summed E-state index contributed by atoms with van der Waals surface area (Å²) in [6.07, 6.45) is 9.03. The summed E-state index contributed by atoms with van der Waals surface area (Å²) >= 11 is 0. The minimum absolute atomic E-state index is 0.189. The van der Waals surface area contributed by atoms with Crippen molar-refractivity contribution in [3.05, 3.63) is 36.2 Å². The molecule has 2 nitrogen and oxygen atoms in total. The van der Waals surface area contributed by atoms with E-state index in [2.05, 4.69) is 11.9 Å². The van der Waals surface area contributed by atoms with E-state index in [1.807, 2.05) is 18.2 Å². The first kappa shape index (κ1) is 11.6. The SMILES string of the molecule is CCCCCC(=O)C=Cc1ccccn1. The predicted octanol–water partition coefficient (Wildman–Crippen LogP) is 3.24. The molecule has 0 aliphatic carbocycles. The van der Waals surface area contributed by atoms with Crippen molar-refractivity contribution in [1.29, 1.82) is 0 Å². The Morgan fingerprint density at radius 2 is 2.27 bits per heavy atom. The highest BCUT2D eigenvalue weighted by molar-refractivity contribution is 5.93. The topological polar surface area (TPSA) is 30.0 Å². The fourth-order valence-corrected chi connectivity index (χ4v) is 1.29. The van der Waals surface area contributed by atoms with Crippen molar-refractivity contribution in [2.24, 2.45) is 0 Å². The monoisotopic (exact) mass is 203 g/mol. The number of allylic oxidation sites excluding steroid dienone is 1. The summed E-state index contributed by atoms with van der Waals surface area (Å²) in [5, 5.41) is 0. The number of carbonyl (C=O) groups excluding carboxylic acids is 1. The zero-order chi connectivity index (χ0) is 10.9. The summed E-state index contributed by atoms with van der Waals surface area (Å²) in [5.74, 6) is 0.189. The van der Waals surface area contributed by atoms with Crippen molar-refractivity contribution in [3.8, 4) is 0 Å². The normalized spacial score (nSPS) is 10.7. The molecule has 15 heavy (non-hydrogen) atoms. The van der Waals surface area contributed by atoms with Gasteiger partial charge in [-0.25, -0.2) is 0 Å². The van der Waals surface area contributed by atoms with Gasteiger partial charge in [0.15, 0.2) is 5.78 Å². The molecule has 0 atom stereocenters. The molecule has 80 valence electrons. The summed E-state index contributed by atoms with van der Waals surface area (Å²) in [4.78, 5) is 15.5. The van der Waals surface area contributed by atoms with E-state index in [0.29, 0.717) is 6.42 Å². The molecule has 0 aromatic carbocycles. The van der Waals surface area contributed by atoms with Crippen molar-refractivity contribution in [2.45, 2.75) is 32.6 Å². The molecular formula is C13H17NO. The quantitative estimate of drug-likeness (QED) is 0.524. The van der Waals surface area contributed by atoms with Gasteiger partial charge in [-0.15, -0.1) is 0 Å². The van der Waals surface area contributed by atoms with Gasteiger partial charge in [0, 0.05) is 12.6 Å². The average molecular weight is 203 g/mol. The van der Waals surface area contributed by atoms with Crippen molar-refractivity contribution >= 4 is 11.9 Å². The summed E-state index contributed by atoms with van der Waals surface area (Å²) in [6.45, 7) is 2.13. The van der Waals surface area contributed by atoms with Crippen LogP contribution < -0.4 is 0 Å². The molecule has 0 N–H and O–H groups in total. The van der Waals surface area contributed by atoms with Crippen LogP contribution in [0.3, 0.4) is 0 Å². The van der Waals surface area contributed by atoms with Gasteiger partial charge in [-0.05, 0) is 30.7 Å². The molecule has 1 rings (SSSR count). The average Bonchev–Trinajstić information content (AvgIpc) is 2.28. The number of hydrogen-bond donors (Lipinski definition) is 0. The van der Waals surface area contributed by atoms with Gasteiger partial charge < -0.3 is 0 Å². The molecule has 0 saturated carbocycles. The van der Waals surface area contributed by atoms with E-state index in [4.69, 9.17) is 0 Å². The molecule has 0 unspecified atom stereocenters. The molecule has 0 fully saturated rings. The van der Waals surface area contributed by atoms with Crippen LogP contribution in [0.2, 0.25) is 0 Å². The number of hydrogen-bond acceptors (Lipinski definition) is 2. The predicted molar refractivity (Wildman–Crippen MR) is 62.4 cm³/mol. The van der Waals surface area contributed by atoms with Gasteiger partial charge in [0.05, 0.1) is 5.69 Å². The minimum Gasteiger partial charge on any atom is -0.295 e. The van der Waals surface area contributed by atoms with Gasteiger partial charge >= 0.3 is 0 Å². The first-order chi connectivity index (χ1) is 7.33. The molecule has 1 aromatic heterocycles. The van der Waals surface area contributed by atoms with Gasteiger partial charge in [0.1, 0.15) is 0 Å². The van der Waals surface area contributed by atoms with Crippen molar-refractivity contribution in [3.63, 3.8) is 0 Å². The maximum absolute atomic E-state index is 11.4. The number of unbranched alkanes of at least 4 members (excludes halogenated alkanes) is 2. The molecular weight excluding hydrogens is 186 g/mol. The van der Waals surface area contributed by atoms with Crippen molar-refractivity contribution in [2.75, 3.05) is 0 Å². The van der Waals surface area contributed by atoms with Gasteiger partial charge in [-0.3, -0.25) is 9.78 Å². The summed E-state index contributed by atoms with van der Waals surface area (Å²) in [7, 11) is 0. The van der Waals surface area contributed by atoms with E-state index in [1.54, 1.807) is 18.3 Å². The Balaban J connectivity index is 2.34. The van der Waals surface area contributed by atoms with Crippen LogP contribution in [-0.2, 0) is 4.79 Å². The van der Waals surface area contributed by atoms with E-state index in [9.17, 15) is 4.79 Å². The fraction of sp³-hybridized carbons (Fsp3) is 0.385. The highest BCUT2D eigenvalue weighted by Crippen LogP contribution is 2.02. The lowest BCUT2D eigenvalue weighted by molar-refractivity contribution is -0.114. The molecule has 2 heteroatoms. The Morgan fingerprint density at radius 3 is 2.93 bits per heavy atom. The van der Waals surface area contributed by atoms with Crippen molar-refractivity contribution < 1.29 is 4.79 Å². The van der Waals surface area contributed by atoms with E-state index in [-0.39, 0.29) is 5.78 Å². The second-order valence-electron chi connectivity index (χ2n) is 3.51. The highest BCUT2D eigenvalue weighted by atomic mass is 16.1. The number of ketones is 1. The highest BCUT2D eigenvalue weighted by Gasteiger charge is 1.95. The van der Waals surface area contributed by atoms with E-state index in [0.717, 1.165) is 25.0 Å². The zero-order valence-electron chi connectivity index (χ0n) is 9.15. The van der Waals surface area contributed by atoms with E-state index in [1.165, 1.54) is 0 Å². The van der Waals surface area contributed by atoms with Crippen LogP contribution in [0.4, 0.5) is 0 Å². The lowest BCUT2D eigenvalue weighted by atomic mass is 10.1. The van der Waals surface area contributed by atoms with Crippen LogP contribution in [-0.4, -0.2) is 10.8 Å². The number of carbonyl (C=O) groups is 1. The minimum atomic E-state index is 0.189. The number of rotatable bonds is 6. The summed E-state index contributed by atoms with van der Waals surface area (Å²) in [5.41, 5.74) is 0.835. The lowest BCUT2D eigenvalue weighted by Gasteiger charge is -1.94. The molecule has 1 heterocycles. The molecule has 0 aliphatic rings. The zero-order valence-corrected chi connectivity index (χ0v) is 9.15. The Bertz CT molecular complexity index is 317. The van der Waals surface area contributed by atoms with Crippen molar-refractivity contribution in [1.82, 2.24) is 4.98 Å². The van der Waals surface area contributed by atoms with Gasteiger partial charge in [-0.2, -0.15) is 0 Å². The second-order valence-corrected chi connectivity index (χ2v) is 3.51. The maximum atomic E-state index is 11.4. The van der Waals surface area contributed by atoms with Gasteiger partial charge in [0.2, 0.25) is 0 Å². The Hall–Kier alpha value is -1.44. The largest absolute Gasteiger partial charge is 0.295 e. The molecule has 0 aliphatic heterocycles. The van der Waals surface area contributed by atoms with E-state index >= 15 is 0 Å². The van der Waals surface area contributed by atoms with E-state index < -0.39 is 0 Å². The Kier molecular flexibility index (Phi) is 5.38. The molecule has 0 saturated heterocycles. The Labute approximate surface area is 91.0 Å².